The molecule has 0 saturated carbocycles. The number of aromatic hydroxyl groups is 1. The highest BCUT2D eigenvalue weighted by Crippen LogP contribution is 2.40. The van der Waals surface area contributed by atoms with Gasteiger partial charge in [0.15, 0.2) is 11.3 Å². The van der Waals surface area contributed by atoms with E-state index in [1.54, 1.807) is 44.5 Å². The lowest BCUT2D eigenvalue weighted by Gasteiger charge is -2.03. The predicted octanol–water partition coefficient (Wildman–Crippen LogP) is 2.63. The van der Waals surface area contributed by atoms with Crippen LogP contribution in [-0.2, 0) is 18.3 Å². The molecule has 0 aliphatic rings. The highest BCUT2D eigenvalue weighted by molar-refractivity contribution is 5.96. The summed E-state index contributed by atoms with van der Waals surface area (Å²) in [5, 5.41) is 32.2. The van der Waals surface area contributed by atoms with Crippen molar-refractivity contribution in [2.75, 3.05) is 7.11 Å². The molecule has 0 aliphatic carbocycles. The summed E-state index contributed by atoms with van der Waals surface area (Å²) in [4.78, 5) is 12.8. The number of aromatic nitrogens is 4. The zero-order valence-electron chi connectivity index (χ0n) is 15.1. The van der Waals surface area contributed by atoms with Gasteiger partial charge in [0.05, 0.1) is 20.6 Å². The van der Waals surface area contributed by atoms with Crippen LogP contribution in [0.1, 0.15) is 5.56 Å². The summed E-state index contributed by atoms with van der Waals surface area (Å²) in [6.07, 6.45) is -0.273. The molecule has 0 fully saturated rings. The van der Waals surface area contributed by atoms with E-state index in [0.717, 1.165) is 0 Å². The Morgan fingerprint density at radius 3 is 2.57 bits per heavy atom. The Bertz CT molecular complexity index is 1180. The molecule has 0 spiro atoms. The number of ether oxygens (including phenoxy) is 1. The van der Waals surface area contributed by atoms with Gasteiger partial charge in [-0.2, -0.15) is 4.80 Å². The molecule has 0 bridgehead atoms. The monoisotopic (exact) mass is 380 g/mol. The van der Waals surface area contributed by atoms with Crippen LogP contribution in [0.2, 0.25) is 0 Å². The van der Waals surface area contributed by atoms with Crippen molar-refractivity contribution in [2.45, 2.75) is 6.42 Å². The van der Waals surface area contributed by atoms with Crippen molar-refractivity contribution in [2.24, 2.45) is 7.05 Å². The van der Waals surface area contributed by atoms with E-state index in [-0.39, 0.29) is 17.8 Å². The van der Waals surface area contributed by atoms with Crippen molar-refractivity contribution in [1.29, 1.82) is 0 Å². The molecular formula is C19H16N4O5. The second kappa shape index (κ2) is 6.69. The highest BCUT2D eigenvalue weighted by atomic mass is 16.5. The molecule has 0 amide bonds. The first-order valence-electron chi connectivity index (χ1n) is 8.35. The van der Waals surface area contributed by atoms with Crippen molar-refractivity contribution in [3.05, 3.63) is 42.0 Å². The van der Waals surface area contributed by atoms with Crippen LogP contribution in [0.4, 0.5) is 0 Å². The summed E-state index contributed by atoms with van der Waals surface area (Å²) in [5.74, 6) is 0.206. The number of benzene rings is 2. The number of aliphatic carboxylic acids is 1. The quantitative estimate of drug-likeness (QED) is 0.541. The lowest BCUT2D eigenvalue weighted by Crippen LogP contribution is -2.00. The van der Waals surface area contributed by atoms with Gasteiger partial charge in [0.2, 0.25) is 5.82 Å². The number of methoxy groups -OCH3 is 1. The number of tetrazole rings is 1. The van der Waals surface area contributed by atoms with Crippen molar-refractivity contribution in [3.63, 3.8) is 0 Å². The highest BCUT2D eigenvalue weighted by Gasteiger charge is 2.22. The maximum absolute atomic E-state index is 11.5. The van der Waals surface area contributed by atoms with Crippen molar-refractivity contribution >= 4 is 16.9 Å². The number of fused-ring (bicyclic) bond motifs is 1. The van der Waals surface area contributed by atoms with E-state index in [4.69, 9.17) is 9.15 Å². The average molecular weight is 380 g/mol. The zero-order chi connectivity index (χ0) is 19.8. The fraction of sp³-hybridized carbons (Fsp3) is 0.158. The number of hydrogen-bond donors (Lipinski definition) is 2. The third-order valence-corrected chi connectivity index (χ3v) is 4.32. The summed E-state index contributed by atoms with van der Waals surface area (Å²) in [6, 6.07) is 10.2. The first-order valence-corrected chi connectivity index (χ1v) is 8.35. The van der Waals surface area contributed by atoms with Gasteiger partial charge in [-0.05, 0) is 41.6 Å². The molecule has 0 radical (unpaired) electrons. The first kappa shape index (κ1) is 17.5. The van der Waals surface area contributed by atoms with E-state index < -0.39 is 5.97 Å². The van der Waals surface area contributed by atoms with Crippen LogP contribution >= 0.6 is 0 Å². The molecule has 9 heteroatoms. The summed E-state index contributed by atoms with van der Waals surface area (Å²) in [5.41, 5.74) is 1.84. The average Bonchev–Trinajstić information content (AvgIpc) is 3.26. The molecular weight excluding hydrogens is 364 g/mol. The van der Waals surface area contributed by atoms with Gasteiger partial charge in [0, 0.05) is 22.1 Å². The summed E-state index contributed by atoms with van der Waals surface area (Å²) in [7, 11) is 3.19. The second-order valence-electron chi connectivity index (χ2n) is 6.18. The number of carbonyl (C=O) groups is 1. The lowest BCUT2D eigenvalue weighted by atomic mass is 10.0. The summed E-state index contributed by atoms with van der Waals surface area (Å²) < 4.78 is 11.0. The first-order chi connectivity index (χ1) is 13.5. The van der Waals surface area contributed by atoms with E-state index in [2.05, 4.69) is 15.4 Å². The molecule has 4 aromatic rings. The van der Waals surface area contributed by atoms with Gasteiger partial charge in [-0.15, -0.1) is 10.2 Å². The van der Waals surface area contributed by atoms with Crippen molar-refractivity contribution in [1.82, 2.24) is 20.2 Å². The SMILES string of the molecule is COc1ccc(-c2oc3c(O)cc(-c4nnn(C)n4)cc3c2CC(=O)O)cc1. The topological polar surface area (TPSA) is 124 Å². The molecule has 0 aliphatic heterocycles. The van der Waals surface area contributed by atoms with Crippen LogP contribution in [-0.4, -0.2) is 43.5 Å². The zero-order valence-corrected chi connectivity index (χ0v) is 15.1. The Morgan fingerprint density at radius 2 is 1.96 bits per heavy atom. The van der Waals surface area contributed by atoms with Gasteiger partial charge in [-0.25, -0.2) is 0 Å². The molecule has 4 rings (SSSR count). The van der Waals surface area contributed by atoms with Crippen LogP contribution in [0.15, 0.2) is 40.8 Å². The maximum atomic E-state index is 11.5. The Kier molecular flexibility index (Phi) is 4.19. The van der Waals surface area contributed by atoms with E-state index in [0.29, 0.717) is 39.4 Å². The molecule has 2 heterocycles. The molecule has 2 aromatic heterocycles. The number of carboxylic acids is 1. The Balaban J connectivity index is 1.94. The molecule has 2 aromatic carbocycles. The lowest BCUT2D eigenvalue weighted by molar-refractivity contribution is -0.136. The standard InChI is InChI=1S/C19H16N4O5/c1-23-21-19(20-22-23)11-7-13-14(9-16(25)26)17(28-18(13)15(24)8-11)10-3-5-12(27-2)6-4-10/h3-8,24H,9H2,1-2H3,(H,25,26). The Morgan fingerprint density at radius 1 is 1.21 bits per heavy atom. The summed E-state index contributed by atoms with van der Waals surface area (Å²) >= 11 is 0. The van der Waals surface area contributed by atoms with Crippen LogP contribution in [0.25, 0.3) is 33.7 Å². The molecule has 28 heavy (non-hydrogen) atoms. The summed E-state index contributed by atoms with van der Waals surface area (Å²) in [6.45, 7) is 0. The predicted molar refractivity (Wildman–Crippen MR) is 99.0 cm³/mol. The van der Waals surface area contributed by atoms with Gasteiger partial charge in [-0.1, -0.05) is 0 Å². The molecule has 0 unspecified atom stereocenters. The van der Waals surface area contributed by atoms with E-state index in [1.807, 2.05) is 0 Å². The van der Waals surface area contributed by atoms with Crippen LogP contribution < -0.4 is 4.74 Å². The molecule has 142 valence electrons. The van der Waals surface area contributed by atoms with Gasteiger partial charge in [-0.3, -0.25) is 4.79 Å². The van der Waals surface area contributed by atoms with Gasteiger partial charge < -0.3 is 19.4 Å². The number of carboxylic acid groups (broad SMARTS) is 1. The van der Waals surface area contributed by atoms with Gasteiger partial charge in [0.1, 0.15) is 11.5 Å². The number of phenols is 1. The fourth-order valence-corrected chi connectivity index (χ4v) is 3.06. The third kappa shape index (κ3) is 3.02. The molecule has 2 N–H and O–H groups in total. The molecule has 9 nitrogen and oxygen atoms in total. The number of furan rings is 1. The molecule has 0 atom stereocenters. The fourth-order valence-electron chi connectivity index (χ4n) is 3.06. The van der Waals surface area contributed by atoms with Gasteiger partial charge >= 0.3 is 5.97 Å². The number of phenolic OH excluding ortho intramolecular Hbond substituents is 1. The van der Waals surface area contributed by atoms with Crippen molar-refractivity contribution in [3.8, 4) is 34.2 Å². The van der Waals surface area contributed by atoms with Crippen molar-refractivity contribution < 1.29 is 24.2 Å². The Hall–Kier alpha value is -3.88. The Labute approximate surface area is 158 Å². The van der Waals surface area contributed by atoms with Crippen LogP contribution in [0, 0.1) is 0 Å². The van der Waals surface area contributed by atoms with E-state index >= 15 is 0 Å². The van der Waals surface area contributed by atoms with E-state index in [1.165, 1.54) is 10.9 Å². The maximum Gasteiger partial charge on any atom is 0.307 e. The normalized spacial score (nSPS) is 11.1. The number of rotatable bonds is 5. The number of nitrogens with zero attached hydrogens (tertiary/aromatic N) is 4. The minimum atomic E-state index is -1.01. The third-order valence-electron chi connectivity index (χ3n) is 4.32. The minimum absolute atomic E-state index is 0.133. The van der Waals surface area contributed by atoms with Gasteiger partial charge in [0.25, 0.3) is 0 Å². The van der Waals surface area contributed by atoms with Crippen LogP contribution in [0.5, 0.6) is 11.5 Å². The smallest absolute Gasteiger partial charge is 0.307 e. The van der Waals surface area contributed by atoms with E-state index in [9.17, 15) is 15.0 Å². The van der Waals surface area contributed by atoms with Crippen LogP contribution in [0.3, 0.4) is 0 Å². The number of aryl methyl sites for hydroxylation is 1. The number of hydrogen-bond acceptors (Lipinski definition) is 7. The largest absolute Gasteiger partial charge is 0.504 e. The second-order valence-corrected chi connectivity index (χ2v) is 6.18. The molecule has 0 saturated heterocycles. The minimum Gasteiger partial charge on any atom is -0.504 e.